The number of hydrogen-bond acceptors (Lipinski definition) is 7. The number of para-hydroxylation sites is 2. The summed E-state index contributed by atoms with van der Waals surface area (Å²) < 4.78 is 39.0. The first-order chi connectivity index (χ1) is 20.6. The molecule has 210 valence electrons. The van der Waals surface area contributed by atoms with E-state index in [2.05, 4.69) is 34.1 Å². The van der Waals surface area contributed by atoms with E-state index in [1.54, 1.807) is 24.3 Å². The van der Waals surface area contributed by atoms with Gasteiger partial charge in [-0.1, -0.05) is 54.6 Å². The van der Waals surface area contributed by atoms with E-state index in [1.165, 1.54) is 0 Å². The lowest BCUT2D eigenvalue weighted by Gasteiger charge is -2.31. The van der Waals surface area contributed by atoms with Crippen molar-refractivity contribution in [2.45, 2.75) is 13.1 Å². The molecule has 0 N–H and O–H groups in total. The van der Waals surface area contributed by atoms with Crippen molar-refractivity contribution in [2.24, 2.45) is 0 Å². The maximum Gasteiger partial charge on any atom is 0.462 e. The standard InChI is InChI=1S/C34H29N2O5P/c37-42(32-14-8-3-9-15-32,40-30-16-18-33-26(20-30)22-35(24-38-33)28-10-4-1-5-11-28)41-31-17-19-34-27(21-31)23-36(25-39-34)29-12-6-2-7-13-29/h1-21H,22-25H2. The molecule has 0 fully saturated rings. The van der Waals surface area contributed by atoms with Crippen molar-refractivity contribution in [1.82, 2.24) is 0 Å². The minimum atomic E-state index is -3.84. The van der Waals surface area contributed by atoms with E-state index in [9.17, 15) is 4.57 Å². The van der Waals surface area contributed by atoms with Crippen molar-refractivity contribution in [3.05, 3.63) is 139 Å². The van der Waals surface area contributed by atoms with Gasteiger partial charge in [0.2, 0.25) is 0 Å². The fraction of sp³-hybridized carbons (Fsp3) is 0.118. The van der Waals surface area contributed by atoms with Crippen molar-refractivity contribution in [3.8, 4) is 23.0 Å². The van der Waals surface area contributed by atoms with Crippen molar-refractivity contribution in [3.63, 3.8) is 0 Å². The number of anilines is 2. The number of ether oxygens (including phenoxy) is 2. The highest BCUT2D eigenvalue weighted by Crippen LogP contribution is 2.49. The normalized spacial score (nSPS) is 14.2. The van der Waals surface area contributed by atoms with Crippen LogP contribution in [0.15, 0.2) is 127 Å². The van der Waals surface area contributed by atoms with Gasteiger partial charge >= 0.3 is 7.60 Å². The Balaban J connectivity index is 1.16. The highest BCUT2D eigenvalue weighted by atomic mass is 31.2. The topological polar surface area (TPSA) is 60.5 Å². The Morgan fingerprint density at radius 3 is 1.43 bits per heavy atom. The number of benzene rings is 5. The zero-order valence-electron chi connectivity index (χ0n) is 22.8. The quantitative estimate of drug-likeness (QED) is 0.188. The monoisotopic (exact) mass is 576 g/mol. The highest BCUT2D eigenvalue weighted by molar-refractivity contribution is 7.63. The van der Waals surface area contributed by atoms with Gasteiger partial charge in [0.05, 0.1) is 5.30 Å². The van der Waals surface area contributed by atoms with Crippen LogP contribution in [-0.4, -0.2) is 13.5 Å². The van der Waals surface area contributed by atoms with Crippen molar-refractivity contribution in [2.75, 3.05) is 23.3 Å². The van der Waals surface area contributed by atoms with Gasteiger partial charge in [0, 0.05) is 35.6 Å². The summed E-state index contributed by atoms with van der Waals surface area (Å²) in [5.41, 5.74) is 4.01. The minimum Gasteiger partial charge on any atom is -0.473 e. The Bertz CT molecular complexity index is 1630. The van der Waals surface area contributed by atoms with Gasteiger partial charge in [-0.05, 0) is 72.8 Å². The minimum absolute atomic E-state index is 0.441. The van der Waals surface area contributed by atoms with Gasteiger partial charge in [-0.25, -0.2) is 4.57 Å². The van der Waals surface area contributed by atoms with Crippen LogP contribution in [0.25, 0.3) is 0 Å². The van der Waals surface area contributed by atoms with Crippen LogP contribution in [0.4, 0.5) is 11.4 Å². The fourth-order valence-electron chi connectivity index (χ4n) is 5.17. The van der Waals surface area contributed by atoms with Gasteiger partial charge in [0.15, 0.2) is 13.5 Å². The molecular formula is C34H29N2O5P. The first-order valence-corrected chi connectivity index (χ1v) is 15.3. The number of hydrogen-bond donors (Lipinski definition) is 0. The molecule has 0 radical (unpaired) electrons. The molecule has 8 heteroatoms. The van der Waals surface area contributed by atoms with E-state index < -0.39 is 7.60 Å². The Hall–Kier alpha value is -4.87. The Labute approximate surface area is 245 Å². The number of fused-ring (bicyclic) bond motifs is 2. The lowest BCUT2D eigenvalue weighted by molar-refractivity contribution is 0.288. The third-order valence-electron chi connectivity index (χ3n) is 7.30. The second-order valence-corrected chi connectivity index (χ2v) is 12.0. The molecule has 0 atom stereocenters. The first kappa shape index (κ1) is 26.1. The molecule has 0 saturated carbocycles. The van der Waals surface area contributed by atoms with Crippen LogP contribution in [-0.2, 0) is 17.7 Å². The number of nitrogens with zero attached hydrogens (tertiary/aromatic N) is 2. The van der Waals surface area contributed by atoms with Crippen LogP contribution in [0.1, 0.15) is 11.1 Å². The fourth-order valence-corrected chi connectivity index (χ4v) is 6.74. The van der Waals surface area contributed by atoms with Crippen molar-refractivity contribution >= 4 is 24.3 Å². The van der Waals surface area contributed by atoms with Crippen LogP contribution >= 0.6 is 7.60 Å². The van der Waals surface area contributed by atoms with Gasteiger partial charge < -0.3 is 28.3 Å². The molecule has 7 nitrogen and oxygen atoms in total. The van der Waals surface area contributed by atoms with E-state index in [-0.39, 0.29) is 0 Å². The molecule has 0 aromatic heterocycles. The van der Waals surface area contributed by atoms with E-state index in [0.29, 0.717) is 43.4 Å². The molecule has 0 saturated heterocycles. The second-order valence-electron chi connectivity index (χ2n) is 10.2. The molecule has 5 aromatic carbocycles. The largest absolute Gasteiger partial charge is 0.473 e. The van der Waals surface area contributed by atoms with Crippen molar-refractivity contribution in [1.29, 1.82) is 0 Å². The zero-order chi connectivity index (χ0) is 28.4. The SMILES string of the molecule is O=P(Oc1ccc2c(c1)CN(c1ccccc1)CO2)(Oc1ccc2c(c1)CN(c1ccccc1)CO2)c1ccccc1. The van der Waals surface area contributed by atoms with Gasteiger partial charge in [-0.3, -0.25) is 0 Å². The summed E-state index contributed by atoms with van der Waals surface area (Å²) >= 11 is 0. The van der Waals surface area contributed by atoms with Crippen LogP contribution in [0.5, 0.6) is 23.0 Å². The Kier molecular flexibility index (Phi) is 6.94. The smallest absolute Gasteiger partial charge is 0.462 e. The summed E-state index contributed by atoms with van der Waals surface area (Å²) in [5, 5.41) is 0.463. The molecular weight excluding hydrogens is 547 g/mol. The maximum absolute atomic E-state index is 14.5. The third kappa shape index (κ3) is 5.39. The average molecular weight is 577 g/mol. The van der Waals surface area contributed by atoms with E-state index in [1.807, 2.05) is 78.9 Å². The van der Waals surface area contributed by atoms with Crippen LogP contribution < -0.4 is 33.6 Å². The predicted octanol–water partition coefficient (Wildman–Crippen LogP) is 7.38. The second kappa shape index (κ2) is 11.2. The van der Waals surface area contributed by atoms with Crippen LogP contribution in [0, 0.1) is 0 Å². The van der Waals surface area contributed by atoms with Crippen LogP contribution in [0.3, 0.4) is 0 Å². The maximum atomic E-state index is 14.5. The first-order valence-electron chi connectivity index (χ1n) is 13.8. The van der Waals surface area contributed by atoms with E-state index in [4.69, 9.17) is 18.5 Å². The molecule has 0 aliphatic carbocycles. The molecule has 2 aliphatic rings. The summed E-state index contributed by atoms with van der Waals surface area (Å²) in [5.74, 6) is 2.44. The molecule has 0 amide bonds. The molecule has 0 bridgehead atoms. The van der Waals surface area contributed by atoms with E-state index >= 15 is 0 Å². The summed E-state index contributed by atoms with van der Waals surface area (Å²) in [6.45, 7) is 2.17. The molecule has 0 unspecified atom stereocenters. The Morgan fingerprint density at radius 1 is 0.548 bits per heavy atom. The lowest BCUT2D eigenvalue weighted by Crippen LogP contribution is -2.31. The molecule has 42 heavy (non-hydrogen) atoms. The van der Waals surface area contributed by atoms with Crippen molar-refractivity contribution < 1.29 is 23.1 Å². The van der Waals surface area contributed by atoms with Gasteiger partial charge in [-0.2, -0.15) is 0 Å². The summed E-state index contributed by atoms with van der Waals surface area (Å²) in [6, 6.07) is 40.3. The van der Waals surface area contributed by atoms with Crippen LogP contribution in [0.2, 0.25) is 0 Å². The summed E-state index contributed by atoms with van der Waals surface area (Å²) in [7, 11) is -3.84. The molecule has 5 aromatic rings. The third-order valence-corrected chi connectivity index (χ3v) is 9.14. The summed E-state index contributed by atoms with van der Waals surface area (Å²) in [6.07, 6.45) is 0. The van der Waals surface area contributed by atoms with E-state index in [0.717, 1.165) is 34.0 Å². The lowest BCUT2D eigenvalue weighted by atomic mass is 10.1. The summed E-state index contributed by atoms with van der Waals surface area (Å²) in [4.78, 5) is 4.26. The predicted molar refractivity (Wildman–Crippen MR) is 164 cm³/mol. The van der Waals surface area contributed by atoms with Gasteiger partial charge in [0.1, 0.15) is 23.0 Å². The Morgan fingerprint density at radius 2 is 0.976 bits per heavy atom. The molecule has 7 rings (SSSR count). The van der Waals surface area contributed by atoms with Gasteiger partial charge in [-0.15, -0.1) is 0 Å². The molecule has 2 heterocycles. The number of rotatable bonds is 7. The average Bonchev–Trinajstić information content (AvgIpc) is 3.05. The van der Waals surface area contributed by atoms with Gasteiger partial charge in [0.25, 0.3) is 0 Å². The highest BCUT2D eigenvalue weighted by Gasteiger charge is 2.32. The zero-order valence-corrected chi connectivity index (χ0v) is 23.7. The molecule has 2 aliphatic heterocycles. The molecule has 0 spiro atoms.